The second-order valence-corrected chi connectivity index (χ2v) is 6.88. The van der Waals surface area contributed by atoms with Crippen LogP contribution in [0.2, 0.25) is 0 Å². The zero-order chi connectivity index (χ0) is 16.7. The maximum Gasteiger partial charge on any atom is 0.259 e. The highest BCUT2D eigenvalue weighted by molar-refractivity contribution is 5.96. The first-order valence-electron chi connectivity index (χ1n) is 8.57. The predicted molar refractivity (Wildman–Crippen MR) is 89.2 cm³/mol. The van der Waals surface area contributed by atoms with Crippen LogP contribution in [-0.4, -0.2) is 34.7 Å². The number of aromatic nitrogens is 1. The van der Waals surface area contributed by atoms with Crippen molar-refractivity contribution in [1.29, 1.82) is 0 Å². The molecular formula is C19H22N2O3. The van der Waals surface area contributed by atoms with E-state index in [1.807, 2.05) is 17.9 Å². The highest BCUT2D eigenvalue weighted by Crippen LogP contribution is 2.39. The number of ether oxygens (including phenoxy) is 1. The van der Waals surface area contributed by atoms with Gasteiger partial charge in [0.1, 0.15) is 22.7 Å². The van der Waals surface area contributed by atoms with Crippen molar-refractivity contribution in [3.8, 4) is 5.75 Å². The Labute approximate surface area is 141 Å². The minimum atomic E-state index is -0.121. The molecule has 4 rings (SSSR count). The van der Waals surface area contributed by atoms with E-state index < -0.39 is 0 Å². The van der Waals surface area contributed by atoms with Gasteiger partial charge >= 0.3 is 0 Å². The topological polar surface area (TPSA) is 55.6 Å². The second kappa shape index (κ2) is 5.65. The molecule has 1 fully saturated rings. The average molecular weight is 326 g/mol. The molecule has 1 spiro atoms. The monoisotopic (exact) mass is 326 g/mol. The maximum absolute atomic E-state index is 12.8. The van der Waals surface area contributed by atoms with Crippen LogP contribution < -0.4 is 4.74 Å². The number of carbonyl (C=O) groups is 1. The standard InChI is InChI=1S/C19H22N2O3/c1-13-17(14(2)24-20-13)18(22)21-11-9-19(10-12-21)8-7-15-5-3-4-6-16(15)23-19/h3-6H,7-12H2,1-2H3. The average Bonchev–Trinajstić information content (AvgIpc) is 2.93. The fourth-order valence-corrected chi connectivity index (χ4v) is 3.87. The number of aryl methyl sites for hydroxylation is 3. The van der Waals surface area contributed by atoms with Crippen molar-refractivity contribution < 1.29 is 14.1 Å². The van der Waals surface area contributed by atoms with Crippen LogP contribution in [0.3, 0.4) is 0 Å². The highest BCUT2D eigenvalue weighted by Gasteiger charge is 2.41. The second-order valence-electron chi connectivity index (χ2n) is 6.88. The van der Waals surface area contributed by atoms with E-state index in [-0.39, 0.29) is 11.5 Å². The number of benzene rings is 1. The quantitative estimate of drug-likeness (QED) is 0.807. The summed E-state index contributed by atoms with van der Waals surface area (Å²) in [6.45, 7) is 5.03. The summed E-state index contributed by atoms with van der Waals surface area (Å²) in [5, 5.41) is 3.89. The Bertz CT molecular complexity index is 753. The molecule has 2 aromatic rings. The lowest BCUT2D eigenvalue weighted by Gasteiger charge is -2.44. The van der Waals surface area contributed by atoms with Gasteiger partial charge in [0, 0.05) is 25.9 Å². The first-order chi connectivity index (χ1) is 11.6. The highest BCUT2D eigenvalue weighted by atomic mass is 16.5. The van der Waals surface area contributed by atoms with E-state index in [4.69, 9.17) is 9.26 Å². The predicted octanol–water partition coefficient (Wildman–Crippen LogP) is 3.29. The number of carbonyl (C=O) groups excluding carboxylic acids is 1. The van der Waals surface area contributed by atoms with Crippen molar-refractivity contribution in [2.45, 2.75) is 45.1 Å². The van der Waals surface area contributed by atoms with Crippen molar-refractivity contribution in [2.75, 3.05) is 13.1 Å². The zero-order valence-corrected chi connectivity index (χ0v) is 14.2. The summed E-state index contributed by atoms with van der Waals surface area (Å²) < 4.78 is 11.5. The van der Waals surface area contributed by atoms with Crippen LogP contribution in [-0.2, 0) is 6.42 Å². The van der Waals surface area contributed by atoms with Gasteiger partial charge in [-0.3, -0.25) is 4.79 Å². The Morgan fingerprint density at radius 1 is 1.17 bits per heavy atom. The van der Waals surface area contributed by atoms with Gasteiger partial charge in [0.2, 0.25) is 0 Å². The van der Waals surface area contributed by atoms with Crippen LogP contribution in [0.25, 0.3) is 0 Å². The molecule has 3 heterocycles. The summed E-state index contributed by atoms with van der Waals surface area (Å²) in [5.41, 5.74) is 2.45. The van der Waals surface area contributed by atoms with Crippen molar-refractivity contribution >= 4 is 5.91 Å². The molecule has 2 aliphatic heterocycles. The van der Waals surface area contributed by atoms with Crippen molar-refractivity contribution in [3.63, 3.8) is 0 Å². The first-order valence-corrected chi connectivity index (χ1v) is 8.57. The summed E-state index contributed by atoms with van der Waals surface area (Å²) in [6, 6.07) is 8.27. The van der Waals surface area contributed by atoms with Gasteiger partial charge in [-0.2, -0.15) is 0 Å². The van der Waals surface area contributed by atoms with Gasteiger partial charge in [0.05, 0.1) is 5.69 Å². The summed E-state index contributed by atoms with van der Waals surface area (Å²) in [4.78, 5) is 14.7. The molecule has 0 unspecified atom stereocenters. The number of likely N-dealkylation sites (tertiary alicyclic amines) is 1. The molecule has 0 aliphatic carbocycles. The molecule has 1 aromatic heterocycles. The van der Waals surface area contributed by atoms with Gasteiger partial charge < -0.3 is 14.2 Å². The van der Waals surface area contributed by atoms with E-state index in [2.05, 4.69) is 23.4 Å². The van der Waals surface area contributed by atoms with E-state index in [0.717, 1.165) is 31.4 Å². The molecule has 24 heavy (non-hydrogen) atoms. The summed E-state index contributed by atoms with van der Waals surface area (Å²) >= 11 is 0. The van der Waals surface area contributed by atoms with Gasteiger partial charge in [-0.15, -0.1) is 0 Å². The van der Waals surface area contributed by atoms with Crippen LogP contribution in [0.15, 0.2) is 28.8 Å². The molecule has 5 nitrogen and oxygen atoms in total. The minimum absolute atomic E-state index is 0.0253. The molecule has 2 aliphatic rings. The lowest BCUT2D eigenvalue weighted by molar-refractivity contribution is -0.0107. The molecule has 0 bridgehead atoms. The van der Waals surface area contributed by atoms with Gasteiger partial charge in [-0.05, 0) is 38.3 Å². The SMILES string of the molecule is Cc1noc(C)c1C(=O)N1CCC2(CCc3ccccc3O2)CC1. The molecule has 0 N–H and O–H groups in total. The fourth-order valence-electron chi connectivity index (χ4n) is 3.87. The lowest BCUT2D eigenvalue weighted by Crippen LogP contribution is -2.51. The summed E-state index contributed by atoms with van der Waals surface area (Å²) in [7, 11) is 0. The van der Waals surface area contributed by atoms with E-state index in [0.29, 0.717) is 30.1 Å². The normalized spacial score (nSPS) is 19.0. The number of piperidine rings is 1. The minimum Gasteiger partial charge on any atom is -0.487 e. The maximum atomic E-state index is 12.8. The Kier molecular flexibility index (Phi) is 3.59. The number of rotatable bonds is 1. The van der Waals surface area contributed by atoms with Crippen molar-refractivity contribution in [2.24, 2.45) is 0 Å². The summed E-state index contributed by atoms with van der Waals surface area (Å²) in [6.07, 6.45) is 3.82. The molecule has 1 amide bonds. The Morgan fingerprint density at radius 2 is 1.92 bits per heavy atom. The molecule has 1 saturated heterocycles. The number of fused-ring (bicyclic) bond motifs is 1. The van der Waals surface area contributed by atoms with Gasteiger partial charge in [-0.1, -0.05) is 23.4 Å². The number of hydrogen-bond donors (Lipinski definition) is 0. The smallest absolute Gasteiger partial charge is 0.259 e. The molecule has 126 valence electrons. The van der Waals surface area contributed by atoms with Crippen molar-refractivity contribution in [3.05, 3.63) is 46.8 Å². The van der Waals surface area contributed by atoms with Crippen LogP contribution in [0.5, 0.6) is 5.75 Å². The lowest BCUT2D eigenvalue weighted by atomic mass is 9.83. The van der Waals surface area contributed by atoms with Crippen LogP contribution in [0, 0.1) is 13.8 Å². The third-order valence-electron chi connectivity index (χ3n) is 5.36. The van der Waals surface area contributed by atoms with Gasteiger partial charge in [-0.25, -0.2) is 0 Å². The van der Waals surface area contributed by atoms with Gasteiger partial charge in [0.15, 0.2) is 0 Å². The van der Waals surface area contributed by atoms with Crippen LogP contribution in [0.4, 0.5) is 0 Å². The number of hydrogen-bond acceptors (Lipinski definition) is 4. The Hall–Kier alpha value is -2.30. The Balaban J connectivity index is 1.47. The first kappa shape index (κ1) is 15.2. The van der Waals surface area contributed by atoms with Crippen LogP contribution in [0.1, 0.15) is 46.6 Å². The van der Waals surface area contributed by atoms with E-state index >= 15 is 0 Å². The summed E-state index contributed by atoms with van der Waals surface area (Å²) in [5.74, 6) is 1.63. The molecule has 1 aromatic carbocycles. The van der Waals surface area contributed by atoms with Crippen LogP contribution >= 0.6 is 0 Å². The van der Waals surface area contributed by atoms with E-state index in [1.54, 1.807) is 6.92 Å². The van der Waals surface area contributed by atoms with E-state index in [1.165, 1.54) is 5.56 Å². The molecule has 0 saturated carbocycles. The van der Waals surface area contributed by atoms with E-state index in [9.17, 15) is 4.79 Å². The molecule has 5 heteroatoms. The van der Waals surface area contributed by atoms with Gasteiger partial charge in [0.25, 0.3) is 5.91 Å². The number of nitrogens with zero attached hydrogens (tertiary/aromatic N) is 2. The number of para-hydroxylation sites is 1. The number of amides is 1. The zero-order valence-electron chi connectivity index (χ0n) is 14.2. The van der Waals surface area contributed by atoms with Crippen molar-refractivity contribution in [1.82, 2.24) is 10.1 Å². The largest absolute Gasteiger partial charge is 0.487 e. The Morgan fingerprint density at radius 3 is 2.62 bits per heavy atom. The molecule has 0 radical (unpaired) electrons. The third kappa shape index (κ3) is 2.48. The fraction of sp³-hybridized carbons (Fsp3) is 0.474. The molecular weight excluding hydrogens is 304 g/mol. The third-order valence-corrected chi connectivity index (χ3v) is 5.36. The molecule has 0 atom stereocenters.